The number of carbonyl (C=O) groups excluding carboxylic acids is 1. The third-order valence-corrected chi connectivity index (χ3v) is 3.75. The van der Waals surface area contributed by atoms with Gasteiger partial charge in [-0.3, -0.25) is 4.79 Å². The molecule has 0 saturated heterocycles. The van der Waals surface area contributed by atoms with Crippen molar-refractivity contribution in [2.45, 2.75) is 6.42 Å². The first-order valence-corrected chi connectivity index (χ1v) is 8.33. The zero-order chi connectivity index (χ0) is 16.5. The van der Waals surface area contributed by atoms with Gasteiger partial charge >= 0.3 is 0 Å². The lowest BCUT2D eigenvalue weighted by molar-refractivity contribution is -0.121. The Morgan fingerprint density at radius 1 is 1.09 bits per heavy atom. The van der Waals surface area contributed by atoms with Crippen molar-refractivity contribution < 1.29 is 9.53 Å². The minimum absolute atomic E-state index is 0.0812. The Balaban J connectivity index is 1.64. The summed E-state index contributed by atoms with van der Waals surface area (Å²) < 4.78 is 6.33. The molecule has 120 valence electrons. The van der Waals surface area contributed by atoms with Gasteiger partial charge in [-0.15, -0.1) is 0 Å². The molecule has 0 spiro atoms. The third kappa shape index (κ3) is 6.80. The van der Waals surface area contributed by atoms with Crippen molar-refractivity contribution in [3.05, 3.63) is 64.6 Å². The lowest BCUT2D eigenvalue weighted by atomic mass is 10.1. The smallest absolute Gasteiger partial charge is 0.264 e. The molecule has 2 aromatic carbocycles. The quantitative estimate of drug-likeness (QED) is 0.741. The zero-order valence-electron chi connectivity index (χ0n) is 12.4. The van der Waals surface area contributed by atoms with E-state index in [0.717, 1.165) is 10.9 Å². The Hall–Kier alpha value is -1.92. The number of rotatable bonds is 6. The zero-order valence-corrected chi connectivity index (χ0v) is 14.8. The van der Waals surface area contributed by atoms with E-state index in [1.54, 1.807) is 12.1 Å². The maximum Gasteiger partial charge on any atom is 0.264 e. The number of ether oxygens (including phenoxy) is 1. The second-order valence-electron chi connectivity index (χ2n) is 4.78. The van der Waals surface area contributed by atoms with E-state index in [9.17, 15) is 4.79 Å². The first-order valence-electron chi connectivity index (χ1n) is 7.13. The Morgan fingerprint density at radius 3 is 2.48 bits per heavy atom. The average Bonchev–Trinajstić information content (AvgIpc) is 2.55. The molecule has 0 unspecified atom stereocenters. The van der Waals surface area contributed by atoms with Gasteiger partial charge in [0.25, 0.3) is 5.91 Å². The highest BCUT2D eigenvalue weighted by molar-refractivity contribution is 9.10. The van der Waals surface area contributed by atoms with Crippen LogP contribution in [0.25, 0.3) is 0 Å². The van der Waals surface area contributed by atoms with Crippen molar-refractivity contribution in [2.24, 2.45) is 0 Å². The van der Waals surface area contributed by atoms with Gasteiger partial charge in [0.2, 0.25) is 0 Å². The maximum atomic E-state index is 11.8. The van der Waals surface area contributed by atoms with Gasteiger partial charge in [0.05, 0.1) is 0 Å². The molecule has 0 fully saturated rings. The van der Waals surface area contributed by atoms with Gasteiger partial charge in [-0.1, -0.05) is 46.3 Å². The molecule has 0 atom stereocenters. The van der Waals surface area contributed by atoms with Gasteiger partial charge in [0, 0.05) is 11.0 Å². The number of amides is 1. The van der Waals surface area contributed by atoms with Crippen LogP contribution in [0.5, 0.6) is 5.75 Å². The summed E-state index contributed by atoms with van der Waals surface area (Å²) in [4.78, 5) is 11.8. The Bertz CT molecular complexity index is 647. The fraction of sp³-hybridized carbons (Fsp3) is 0.176. The summed E-state index contributed by atoms with van der Waals surface area (Å²) in [5.41, 5.74) is 1.22. The first-order chi connectivity index (χ1) is 11.1. The van der Waals surface area contributed by atoms with E-state index in [2.05, 4.69) is 38.7 Å². The topological polar surface area (TPSA) is 50.4 Å². The molecule has 0 heterocycles. The summed E-state index contributed by atoms with van der Waals surface area (Å²) >= 11 is 8.43. The molecule has 1 amide bonds. The number of hydrogen-bond donors (Lipinski definition) is 2. The van der Waals surface area contributed by atoms with Crippen molar-refractivity contribution in [3.63, 3.8) is 0 Å². The maximum absolute atomic E-state index is 11.8. The molecule has 0 bridgehead atoms. The number of thiocarbonyl (C=S) groups is 1. The SMILES string of the molecule is O=C(COc1ccc(Br)cc1)NC(=S)NCCc1ccccc1. The monoisotopic (exact) mass is 392 g/mol. The van der Waals surface area contributed by atoms with Crippen LogP contribution >= 0.6 is 28.1 Å². The normalized spacial score (nSPS) is 9.96. The van der Waals surface area contributed by atoms with E-state index in [1.165, 1.54) is 5.56 Å². The Morgan fingerprint density at radius 2 is 1.78 bits per heavy atom. The summed E-state index contributed by atoms with van der Waals surface area (Å²) in [6.45, 7) is 0.582. The van der Waals surface area contributed by atoms with E-state index in [-0.39, 0.29) is 12.5 Å². The molecule has 2 rings (SSSR count). The van der Waals surface area contributed by atoms with Crippen molar-refractivity contribution >= 4 is 39.2 Å². The molecule has 0 aliphatic carbocycles. The largest absolute Gasteiger partial charge is 0.484 e. The Kier molecular flexibility index (Phi) is 7.03. The minimum atomic E-state index is -0.287. The molecule has 4 nitrogen and oxygen atoms in total. The highest BCUT2D eigenvalue weighted by atomic mass is 79.9. The second-order valence-corrected chi connectivity index (χ2v) is 6.11. The van der Waals surface area contributed by atoms with Crippen molar-refractivity contribution in [2.75, 3.05) is 13.2 Å². The van der Waals surface area contributed by atoms with E-state index in [1.807, 2.05) is 30.3 Å². The summed E-state index contributed by atoms with van der Waals surface area (Å²) in [5.74, 6) is 0.344. The van der Waals surface area contributed by atoms with Crippen LogP contribution in [0.3, 0.4) is 0 Å². The molecular formula is C17H17BrN2O2S. The highest BCUT2D eigenvalue weighted by Gasteiger charge is 2.05. The van der Waals surface area contributed by atoms with Gasteiger partial charge in [-0.05, 0) is 48.5 Å². The fourth-order valence-electron chi connectivity index (χ4n) is 1.85. The van der Waals surface area contributed by atoms with E-state index in [0.29, 0.717) is 17.4 Å². The van der Waals surface area contributed by atoms with Gasteiger partial charge in [-0.2, -0.15) is 0 Å². The van der Waals surface area contributed by atoms with Gasteiger partial charge in [-0.25, -0.2) is 0 Å². The van der Waals surface area contributed by atoms with Crippen LogP contribution in [0, 0.1) is 0 Å². The molecule has 0 aromatic heterocycles. The van der Waals surface area contributed by atoms with Crippen LogP contribution in [0.2, 0.25) is 0 Å². The molecule has 6 heteroatoms. The number of benzene rings is 2. The predicted octanol–water partition coefficient (Wildman–Crippen LogP) is 3.06. The number of nitrogens with one attached hydrogen (secondary N) is 2. The summed E-state index contributed by atoms with van der Waals surface area (Å²) in [7, 11) is 0. The Labute approximate surface area is 149 Å². The lowest BCUT2D eigenvalue weighted by Gasteiger charge is -2.10. The van der Waals surface area contributed by atoms with Gasteiger partial charge < -0.3 is 15.4 Å². The summed E-state index contributed by atoms with van der Waals surface area (Å²) in [5, 5.41) is 5.91. The van der Waals surface area contributed by atoms with Crippen LogP contribution in [0.4, 0.5) is 0 Å². The van der Waals surface area contributed by atoms with Crippen LogP contribution in [-0.2, 0) is 11.2 Å². The van der Waals surface area contributed by atoms with Crippen molar-refractivity contribution in [3.8, 4) is 5.75 Å². The molecule has 0 radical (unpaired) electrons. The van der Waals surface area contributed by atoms with Gasteiger partial charge in [0.1, 0.15) is 5.75 Å². The number of carbonyl (C=O) groups is 1. The van der Waals surface area contributed by atoms with Crippen LogP contribution < -0.4 is 15.4 Å². The molecule has 0 aliphatic heterocycles. The number of hydrogen-bond acceptors (Lipinski definition) is 3. The molecule has 2 N–H and O–H groups in total. The summed E-state index contributed by atoms with van der Waals surface area (Å²) in [6, 6.07) is 17.3. The molecule has 23 heavy (non-hydrogen) atoms. The predicted molar refractivity (Wildman–Crippen MR) is 98.5 cm³/mol. The minimum Gasteiger partial charge on any atom is -0.484 e. The third-order valence-electron chi connectivity index (χ3n) is 2.98. The van der Waals surface area contributed by atoms with E-state index >= 15 is 0 Å². The van der Waals surface area contributed by atoms with E-state index in [4.69, 9.17) is 17.0 Å². The summed E-state index contributed by atoms with van der Waals surface area (Å²) in [6.07, 6.45) is 0.840. The van der Waals surface area contributed by atoms with Crippen molar-refractivity contribution in [1.29, 1.82) is 0 Å². The molecular weight excluding hydrogens is 376 g/mol. The van der Waals surface area contributed by atoms with Crippen molar-refractivity contribution in [1.82, 2.24) is 10.6 Å². The van der Waals surface area contributed by atoms with Gasteiger partial charge in [0.15, 0.2) is 11.7 Å². The molecule has 0 saturated carbocycles. The van der Waals surface area contributed by atoms with Crippen LogP contribution in [0.15, 0.2) is 59.1 Å². The van der Waals surface area contributed by atoms with Crippen LogP contribution in [-0.4, -0.2) is 24.2 Å². The fourth-order valence-corrected chi connectivity index (χ4v) is 2.33. The first kappa shape index (κ1) is 17.4. The highest BCUT2D eigenvalue weighted by Crippen LogP contribution is 2.15. The standard InChI is InChI=1S/C17H17BrN2O2S/c18-14-6-8-15(9-7-14)22-12-16(21)20-17(23)19-11-10-13-4-2-1-3-5-13/h1-9H,10-12H2,(H2,19,20,21,23). The number of halogens is 1. The lowest BCUT2D eigenvalue weighted by Crippen LogP contribution is -2.42. The molecule has 2 aromatic rings. The second kappa shape index (κ2) is 9.27. The molecule has 0 aliphatic rings. The average molecular weight is 393 g/mol. The van der Waals surface area contributed by atoms with E-state index < -0.39 is 0 Å². The van der Waals surface area contributed by atoms with Crippen LogP contribution in [0.1, 0.15) is 5.56 Å².